The van der Waals surface area contributed by atoms with E-state index in [1.165, 1.54) is 13.2 Å². The van der Waals surface area contributed by atoms with E-state index in [1.807, 2.05) is 6.92 Å². The van der Waals surface area contributed by atoms with Crippen molar-refractivity contribution in [3.8, 4) is 11.5 Å². The fourth-order valence-electron chi connectivity index (χ4n) is 2.43. The molecular formula is C15H16N4O4. The maximum atomic E-state index is 11.3. The second-order valence-electron chi connectivity index (χ2n) is 5.04. The molecule has 1 aromatic carbocycles. The topological polar surface area (TPSA) is 110 Å². The van der Waals surface area contributed by atoms with Gasteiger partial charge < -0.3 is 20.3 Å². The lowest BCUT2D eigenvalue weighted by Gasteiger charge is -2.22. The number of carboxylic acids is 1. The van der Waals surface area contributed by atoms with Crippen LogP contribution in [0.4, 0.5) is 5.95 Å². The number of benzene rings is 1. The van der Waals surface area contributed by atoms with Gasteiger partial charge in [-0.05, 0) is 23.8 Å². The molecule has 8 heteroatoms. The molecule has 1 aliphatic rings. The lowest BCUT2D eigenvalue weighted by Crippen LogP contribution is -2.24. The van der Waals surface area contributed by atoms with Crippen LogP contribution in [0.25, 0.3) is 0 Å². The molecule has 120 valence electrons. The molecule has 3 rings (SSSR count). The zero-order valence-electron chi connectivity index (χ0n) is 12.6. The summed E-state index contributed by atoms with van der Waals surface area (Å²) in [5.41, 5.74) is 0.762. The van der Waals surface area contributed by atoms with Gasteiger partial charge in [0.15, 0.2) is 17.3 Å². The monoisotopic (exact) mass is 316 g/mol. The van der Waals surface area contributed by atoms with E-state index in [-0.39, 0.29) is 11.4 Å². The number of carboxylic acid groups (broad SMARTS) is 1. The third-order valence-corrected chi connectivity index (χ3v) is 3.60. The molecule has 0 amide bonds. The summed E-state index contributed by atoms with van der Waals surface area (Å²) in [6.07, 6.45) is 2.19. The summed E-state index contributed by atoms with van der Waals surface area (Å²) in [5.74, 6) is 0.236. The first-order chi connectivity index (χ1) is 11.0. The third kappa shape index (κ3) is 2.59. The molecule has 0 spiro atoms. The average molecular weight is 316 g/mol. The van der Waals surface area contributed by atoms with Crippen LogP contribution in [0.3, 0.4) is 0 Å². The molecule has 0 saturated heterocycles. The van der Waals surface area contributed by atoms with E-state index in [2.05, 4.69) is 15.4 Å². The molecule has 0 fully saturated rings. The molecule has 2 aromatic rings. The SMILES string of the molecule is CCc1nc2n(n1)C(c1ccc(O)c(OC)c1)C=C(C(=O)O)N2. The number of carbonyl (C=O) groups is 1. The Hall–Kier alpha value is -3.03. The van der Waals surface area contributed by atoms with Crippen LogP contribution in [-0.4, -0.2) is 38.1 Å². The fourth-order valence-corrected chi connectivity index (χ4v) is 2.43. The maximum Gasteiger partial charge on any atom is 0.352 e. The summed E-state index contributed by atoms with van der Waals surface area (Å²) >= 11 is 0. The molecule has 0 radical (unpaired) electrons. The van der Waals surface area contributed by atoms with Crippen LogP contribution in [0.1, 0.15) is 24.4 Å². The smallest absolute Gasteiger partial charge is 0.352 e. The largest absolute Gasteiger partial charge is 0.504 e. The molecule has 0 saturated carbocycles. The van der Waals surface area contributed by atoms with E-state index in [1.54, 1.807) is 22.9 Å². The van der Waals surface area contributed by atoms with Crippen LogP contribution >= 0.6 is 0 Å². The van der Waals surface area contributed by atoms with Gasteiger partial charge in [-0.25, -0.2) is 9.48 Å². The van der Waals surface area contributed by atoms with Crippen LogP contribution in [0, 0.1) is 0 Å². The van der Waals surface area contributed by atoms with Gasteiger partial charge in [0, 0.05) is 6.42 Å². The number of ether oxygens (including phenoxy) is 1. The number of aromatic nitrogens is 3. The fraction of sp³-hybridized carbons (Fsp3) is 0.267. The Morgan fingerprint density at radius 3 is 2.91 bits per heavy atom. The summed E-state index contributed by atoms with van der Waals surface area (Å²) in [4.78, 5) is 15.6. The lowest BCUT2D eigenvalue weighted by molar-refractivity contribution is -0.132. The molecule has 0 bridgehead atoms. The number of anilines is 1. The van der Waals surface area contributed by atoms with E-state index in [4.69, 9.17) is 4.74 Å². The molecule has 1 aromatic heterocycles. The van der Waals surface area contributed by atoms with Gasteiger partial charge in [-0.1, -0.05) is 13.0 Å². The van der Waals surface area contributed by atoms with Gasteiger partial charge in [-0.3, -0.25) is 0 Å². The number of nitrogens with zero attached hydrogens (tertiary/aromatic N) is 3. The number of hydrogen-bond acceptors (Lipinski definition) is 6. The van der Waals surface area contributed by atoms with Crippen LogP contribution in [0.5, 0.6) is 11.5 Å². The molecule has 23 heavy (non-hydrogen) atoms. The Morgan fingerprint density at radius 1 is 1.48 bits per heavy atom. The van der Waals surface area contributed by atoms with E-state index in [0.29, 0.717) is 23.9 Å². The first-order valence-electron chi connectivity index (χ1n) is 7.08. The highest BCUT2D eigenvalue weighted by Crippen LogP contribution is 2.34. The van der Waals surface area contributed by atoms with Crippen LogP contribution in [0.15, 0.2) is 30.0 Å². The van der Waals surface area contributed by atoms with Crippen molar-refractivity contribution < 1.29 is 19.7 Å². The lowest BCUT2D eigenvalue weighted by atomic mass is 10.0. The van der Waals surface area contributed by atoms with Crippen molar-refractivity contribution in [2.45, 2.75) is 19.4 Å². The summed E-state index contributed by atoms with van der Waals surface area (Å²) in [7, 11) is 1.45. The van der Waals surface area contributed by atoms with Gasteiger partial charge in [0.1, 0.15) is 11.7 Å². The summed E-state index contributed by atoms with van der Waals surface area (Å²) in [6.45, 7) is 1.92. The molecule has 1 unspecified atom stereocenters. The number of aliphatic carboxylic acids is 1. The first kappa shape index (κ1) is 14.9. The molecular weight excluding hydrogens is 300 g/mol. The summed E-state index contributed by atoms with van der Waals surface area (Å²) < 4.78 is 6.74. The predicted molar refractivity (Wildman–Crippen MR) is 81.5 cm³/mol. The van der Waals surface area contributed by atoms with Crippen molar-refractivity contribution in [2.75, 3.05) is 12.4 Å². The number of fused-ring (bicyclic) bond motifs is 1. The molecule has 1 atom stereocenters. The Balaban J connectivity index is 2.12. The number of methoxy groups -OCH3 is 1. The van der Waals surface area contributed by atoms with Gasteiger partial charge in [0.2, 0.25) is 5.95 Å². The number of allylic oxidation sites excluding steroid dienone is 1. The molecule has 3 N–H and O–H groups in total. The maximum absolute atomic E-state index is 11.3. The van der Waals surface area contributed by atoms with Crippen LogP contribution in [0.2, 0.25) is 0 Å². The minimum atomic E-state index is -1.08. The van der Waals surface area contributed by atoms with Gasteiger partial charge in [0.05, 0.1) is 7.11 Å². The van der Waals surface area contributed by atoms with Gasteiger partial charge >= 0.3 is 5.97 Å². The van der Waals surface area contributed by atoms with Crippen molar-refractivity contribution in [3.63, 3.8) is 0 Å². The molecule has 2 heterocycles. The minimum Gasteiger partial charge on any atom is -0.504 e. The first-order valence-corrected chi connectivity index (χ1v) is 7.08. The standard InChI is InChI=1S/C15H16N4O4/c1-3-13-17-15-16-9(14(21)22)7-10(19(15)18-13)8-4-5-11(20)12(6-8)23-2/h4-7,10,20H,3H2,1-2H3,(H,21,22)(H,16,17,18). The molecule has 0 aliphatic carbocycles. The average Bonchev–Trinajstić information content (AvgIpc) is 2.97. The number of phenols is 1. The van der Waals surface area contributed by atoms with E-state index >= 15 is 0 Å². The van der Waals surface area contributed by atoms with E-state index < -0.39 is 12.0 Å². The molecule has 8 nitrogen and oxygen atoms in total. The summed E-state index contributed by atoms with van der Waals surface area (Å²) in [5, 5.41) is 26.2. The van der Waals surface area contributed by atoms with Crippen LogP contribution in [-0.2, 0) is 11.2 Å². The zero-order valence-corrected chi connectivity index (χ0v) is 12.6. The van der Waals surface area contributed by atoms with E-state index in [0.717, 1.165) is 5.56 Å². The highest BCUT2D eigenvalue weighted by molar-refractivity contribution is 5.90. The second kappa shape index (κ2) is 5.64. The van der Waals surface area contributed by atoms with Gasteiger partial charge in [0.25, 0.3) is 0 Å². The Morgan fingerprint density at radius 2 is 2.26 bits per heavy atom. The number of aryl methyl sites for hydroxylation is 1. The summed E-state index contributed by atoms with van der Waals surface area (Å²) in [6, 6.07) is 4.39. The normalized spacial score (nSPS) is 16.3. The van der Waals surface area contributed by atoms with E-state index in [9.17, 15) is 15.0 Å². The van der Waals surface area contributed by atoms with Crippen LogP contribution < -0.4 is 10.1 Å². The van der Waals surface area contributed by atoms with Crippen molar-refractivity contribution in [1.82, 2.24) is 14.8 Å². The van der Waals surface area contributed by atoms with Gasteiger partial charge in [-0.15, -0.1) is 0 Å². The number of aromatic hydroxyl groups is 1. The van der Waals surface area contributed by atoms with Crippen molar-refractivity contribution in [2.24, 2.45) is 0 Å². The van der Waals surface area contributed by atoms with Gasteiger partial charge in [-0.2, -0.15) is 10.1 Å². The Labute approximate surface area is 132 Å². The highest BCUT2D eigenvalue weighted by atomic mass is 16.5. The number of hydrogen-bond donors (Lipinski definition) is 3. The predicted octanol–water partition coefficient (Wildman–Crippen LogP) is 1.54. The molecule has 1 aliphatic heterocycles. The minimum absolute atomic E-state index is 0.0145. The second-order valence-corrected chi connectivity index (χ2v) is 5.04. The van der Waals surface area contributed by atoms with Crippen molar-refractivity contribution in [1.29, 1.82) is 0 Å². The van der Waals surface area contributed by atoms with Crippen molar-refractivity contribution in [3.05, 3.63) is 41.4 Å². The number of nitrogens with one attached hydrogen (secondary N) is 1. The third-order valence-electron chi connectivity index (χ3n) is 3.60. The van der Waals surface area contributed by atoms with Crippen molar-refractivity contribution >= 4 is 11.9 Å². The number of phenolic OH excluding ortho intramolecular Hbond substituents is 1. The quantitative estimate of drug-likeness (QED) is 0.784. The zero-order chi connectivity index (χ0) is 16.6. The number of rotatable bonds is 4. The Bertz CT molecular complexity index is 797. The highest BCUT2D eigenvalue weighted by Gasteiger charge is 2.27. The Kier molecular flexibility index (Phi) is 3.65.